The minimum Gasteiger partial charge on any atom is -0.383 e. The van der Waals surface area contributed by atoms with Crippen LogP contribution in [0.25, 0.3) is 0 Å². The van der Waals surface area contributed by atoms with E-state index in [9.17, 15) is 0 Å². The molecule has 5 heteroatoms. The summed E-state index contributed by atoms with van der Waals surface area (Å²) in [4.78, 5) is 8.89. The fourth-order valence-corrected chi connectivity index (χ4v) is 2.33. The first-order chi connectivity index (χ1) is 9.10. The maximum Gasteiger partial charge on any atom is 0.141 e. The normalized spacial score (nSPS) is 10.7. The monoisotopic (exact) mass is 339 g/mol. The van der Waals surface area contributed by atoms with Gasteiger partial charge in [0.15, 0.2) is 0 Å². The van der Waals surface area contributed by atoms with Gasteiger partial charge >= 0.3 is 0 Å². The number of hydrogen-bond donors (Lipinski definition) is 1. The zero-order valence-corrected chi connectivity index (χ0v) is 13.0. The van der Waals surface area contributed by atoms with E-state index in [4.69, 9.17) is 17.3 Å². The quantitative estimate of drug-likeness (QED) is 0.914. The molecule has 0 radical (unpaired) electrons. The molecule has 100 valence electrons. The van der Waals surface area contributed by atoms with Gasteiger partial charge in [-0.3, -0.25) is 0 Å². The minimum absolute atomic E-state index is 0.502. The number of nitrogens with zero attached hydrogens (tertiary/aromatic N) is 2. The van der Waals surface area contributed by atoms with Crippen molar-refractivity contribution >= 4 is 33.3 Å². The minimum atomic E-state index is 0.502. The molecule has 1 aromatic heterocycles. The lowest BCUT2D eigenvalue weighted by Crippen LogP contribution is -2.06. The summed E-state index contributed by atoms with van der Waals surface area (Å²) in [6.45, 7) is 2.11. The van der Waals surface area contributed by atoms with Crippen LogP contribution in [0.1, 0.15) is 30.4 Å². The number of rotatable bonds is 4. The lowest BCUT2D eigenvalue weighted by atomic mass is 10.1. The van der Waals surface area contributed by atoms with Crippen molar-refractivity contribution in [3.63, 3.8) is 0 Å². The number of aryl methyl sites for hydroxylation is 1. The molecule has 0 aliphatic carbocycles. The van der Waals surface area contributed by atoms with Gasteiger partial charge in [0.1, 0.15) is 11.6 Å². The van der Waals surface area contributed by atoms with Crippen molar-refractivity contribution in [3.8, 4) is 0 Å². The molecular weight excluding hydrogens is 326 g/mol. The first kappa shape index (κ1) is 14.3. The van der Waals surface area contributed by atoms with Crippen LogP contribution < -0.4 is 5.73 Å². The summed E-state index contributed by atoms with van der Waals surface area (Å²) in [7, 11) is 0. The lowest BCUT2D eigenvalue weighted by Gasteiger charge is -2.08. The van der Waals surface area contributed by atoms with Gasteiger partial charge in [0, 0.05) is 11.4 Å². The third kappa shape index (κ3) is 3.67. The smallest absolute Gasteiger partial charge is 0.141 e. The first-order valence-electron chi connectivity index (χ1n) is 6.15. The molecular formula is C14H15BrClN3. The topological polar surface area (TPSA) is 51.8 Å². The summed E-state index contributed by atoms with van der Waals surface area (Å²) in [6.07, 6.45) is 2.57. The molecule has 2 rings (SSSR count). The molecule has 0 aliphatic heterocycles. The predicted molar refractivity (Wildman–Crippen MR) is 82.4 cm³/mol. The van der Waals surface area contributed by atoms with Crippen LogP contribution in [0.4, 0.5) is 5.82 Å². The standard InChI is InChI=1S/C14H15BrClN3/c1-2-3-11-13(15)14(17)19-12(18-11)8-9-4-6-10(16)7-5-9/h4-7H,2-3,8H2,1H3,(H2,17,18,19). The van der Waals surface area contributed by atoms with Crippen LogP contribution in [0.15, 0.2) is 28.7 Å². The molecule has 0 bridgehead atoms. The van der Waals surface area contributed by atoms with Crippen LogP contribution in [-0.2, 0) is 12.8 Å². The van der Waals surface area contributed by atoms with E-state index in [1.165, 1.54) is 0 Å². The summed E-state index contributed by atoms with van der Waals surface area (Å²) < 4.78 is 0.814. The fraction of sp³-hybridized carbons (Fsp3) is 0.286. The van der Waals surface area contributed by atoms with Crippen LogP contribution in [-0.4, -0.2) is 9.97 Å². The SMILES string of the molecule is CCCc1nc(Cc2ccc(Cl)cc2)nc(N)c1Br. The highest BCUT2D eigenvalue weighted by Crippen LogP contribution is 2.23. The average molecular weight is 341 g/mol. The number of benzene rings is 1. The van der Waals surface area contributed by atoms with E-state index in [0.29, 0.717) is 12.2 Å². The van der Waals surface area contributed by atoms with Gasteiger partial charge in [0.25, 0.3) is 0 Å². The number of aromatic nitrogens is 2. The van der Waals surface area contributed by atoms with Crippen molar-refractivity contribution in [2.75, 3.05) is 5.73 Å². The highest BCUT2D eigenvalue weighted by Gasteiger charge is 2.10. The Kier molecular flexibility index (Phi) is 4.77. The molecule has 0 spiro atoms. The Hall–Kier alpha value is -1.13. The van der Waals surface area contributed by atoms with Gasteiger partial charge in [-0.1, -0.05) is 37.1 Å². The van der Waals surface area contributed by atoms with Gasteiger partial charge in [-0.25, -0.2) is 9.97 Å². The van der Waals surface area contributed by atoms with Crippen molar-refractivity contribution < 1.29 is 0 Å². The zero-order valence-electron chi connectivity index (χ0n) is 10.7. The number of anilines is 1. The molecule has 3 nitrogen and oxygen atoms in total. The lowest BCUT2D eigenvalue weighted by molar-refractivity contribution is 0.837. The summed E-state index contributed by atoms with van der Waals surface area (Å²) in [5.74, 6) is 1.24. The second-order valence-electron chi connectivity index (χ2n) is 4.34. The Morgan fingerprint density at radius 2 is 1.89 bits per heavy atom. The number of halogens is 2. The number of nitrogens with two attached hydrogens (primary N) is 1. The van der Waals surface area contributed by atoms with Gasteiger partial charge < -0.3 is 5.73 Å². The summed E-state index contributed by atoms with van der Waals surface area (Å²) in [6, 6.07) is 7.69. The van der Waals surface area contributed by atoms with Gasteiger partial charge in [-0.05, 0) is 40.0 Å². The first-order valence-corrected chi connectivity index (χ1v) is 7.32. The van der Waals surface area contributed by atoms with E-state index in [1.807, 2.05) is 24.3 Å². The van der Waals surface area contributed by atoms with Gasteiger partial charge in [-0.2, -0.15) is 0 Å². The van der Waals surface area contributed by atoms with Crippen molar-refractivity contribution in [1.29, 1.82) is 0 Å². The molecule has 2 aromatic rings. The van der Waals surface area contributed by atoms with E-state index < -0.39 is 0 Å². The van der Waals surface area contributed by atoms with E-state index in [0.717, 1.165) is 39.4 Å². The van der Waals surface area contributed by atoms with E-state index in [-0.39, 0.29) is 0 Å². The Balaban J connectivity index is 2.27. The van der Waals surface area contributed by atoms with Gasteiger partial charge in [-0.15, -0.1) is 0 Å². The molecule has 0 atom stereocenters. The number of hydrogen-bond acceptors (Lipinski definition) is 3. The average Bonchev–Trinajstić information content (AvgIpc) is 2.38. The second kappa shape index (κ2) is 6.35. The Bertz CT molecular complexity index is 570. The molecule has 0 fully saturated rings. The van der Waals surface area contributed by atoms with E-state index in [1.54, 1.807) is 0 Å². The molecule has 2 N–H and O–H groups in total. The Morgan fingerprint density at radius 1 is 1.21 bits per heavy atom. The molecule has 0 saturated carbocycles. The van der Waals surface area contributed by atoms with Crippen LogP contribution >= 0.6 is 27.5 Å². The molecule has 0 amide bonds. The highest BCUT2D eigenvalue weighted by molar-refractivity contribution is 9.10. The predicted octanol–water partition coefficient (Wildman–Crippen LogP) is 4.02. The van der Waals surface area contributed by atoms with Crippen LogP contribution in [0.2, 0.25) is 5.02 Å². The largest absolute Gasteiger partial charge is 0.383 e. The third-order valence-corrected chi connectivity index (χ3v) is 3.87. The van der Waals surface area contributed by atoms with Crippen molar-refractivity contribution in [3.05, 3.63) is 50.8 Å². The Morgan fingerprint density at radius 3 is 2.53 bits per heavy atom. The van der Waals surface area contributed by atoms with Crippen LogP contribution in [0.5, 0.6) is 0 Å². The number of nitrogen functional groups attached to an aromatic ring is 1. The van der Waals surface area contributed by atoms with Crippen LogP contribution in [0, 0.1) is 0 Å². The molecule has 1 aromatic carbocycles. The summed E-state index contributed by atoms with van der Waals surface area (Å²) in [5, 5.41) is 0.728. The highest BCUT2D eigenvalue weighted by atomic mass is 79.9. The third-order valence-electron chi connectivity index (χ3n) is 2.75. The molecule has 0 aliphatic rings. The van der Waals surface area contributed by atoms with Crippen molar-refractivity contribution in [2.24, 2.45) is 0 Å². The maximum absolute atomic E-state index is 5.91. The van der Waals surface area contributed by atoms with Crippen molar-refractivity contribution in [2.45, 2.75) is 26.2 Å². The van der Waals surface area contributed by atoms with Crippen molar-refractivity contribution in [1.82, 2.24) is 9.97 Å². The summed E-state index contributed by atoms with van der Waals surface area (Å²) >= 11 is 9.31. The molecule has 1 heterocycles. The van der Waals surface area contributed by atoms with E-state index >= 15 is 0 Å². The van der Waals surface area contributed by atoms with Crippen LogP contribution in [0.3, 0.4) is 0 Å². The zero-order chi connectivity index (χ0) is 13.8. The molecule has 19 heavy (non-hydrogen) atoms. The van der Waals surface area contributed by atoms with E-state index in [2.05, 4.69) is 32.8 Å². The summed E-state index contributed by atoms with van der Waals surface area (Å²) in [5.41, 5.74) is 8.00. The fourth-order valence-electron chi connectivity index (χ4n) is 1.83. The maximum atomic E-state index is 5.91. The molecule has 0 unspecified atom stereocenters. The Labute approximate surface area is 126 Å². The van der Waals surface area contributed by atoms with Gasteiger partial charge in [0.05, 0.1) is 10.2 Å². The van der Waals surface area contributed by atoms with Gasteiger partial charge in [0.2, 0.25) is 0 Å². The second-order valence-corrected chi connectivity index (χ2v) is 5.57. The molecule has 0 saturated heterocycles.